The number of hydrogen-bond donors (Lipinski definition) is 0. The third-order valence-electron chi connectivity index (χ3n) is 5.73. The van der Waals surface area contributed by atoms with E-state index in [1.165, 1.54) is 54.4 Å². The van der Waals surface area contributed by atoms with Gasteiger partial charge in [0.2, 0.25) is 0 Å². The number of benzene rings is 2. The van der Waals surface area contributed by atoms with Crippen LogP contribution in [0.15, 0.2) is 73.3 Å². The maximum atomic E-state index is 5.50. The Morgan fingerprint density at radius 3 is 2.15 bits per heavy atom. The Bertz CT molecular complexity index is 716. The monoisotopic (exact) mass is 360 g/mol. The summed E-state index contributed by atoms with van der Waals surface area (Å²) in [5, 5.41) is 0. The van der Waals surface area contributed by atoms with Gasteiger partial charge in [0.15, 0.2) is 0 Å². The maximum Gasteiger partial charge on any atom is 0.0721 e. The van der Waals surface area contributed by atoms with Gasteiger partial charge < -0.3 is 4.74 Å². The first-order valence-corrected chi connectivity index (χ1v) is 10.3. The van der Waals surface area contributed by atoms with Crippen molar-refractivity contribution < 1.29 is 4.74 Å². The van der Waals surface area contributed by atoms with Crippen LogP contribution in [0.5, 0.6) is 0 Å². The molecule has 1 nitrogen and oxygen atoms in total. The molecule has 0 spiro atoms. The first-order chi connectivity index (χ1) is 13.3. The SMILES string of the molecule is C=CCOCc1ccc(-c2ccc([C@H]3CC[C@H](CC=CC)CC3)cc2)cc1. The van der Waals surface area contributed by atoms with E-state index in [0.29, 0.717) is 13.2 Å². The van der Waals surface area contributed by atoms with Gasteiger partial charge in [-0.1, -0.05) is 66.8 Å². The molecule has 0 saturated heterocycles. The van der Waals surface area contributed by atoms with Crippen LogP contribution in [0.25, 0.3) is 11.1 Å². The lowest BCUT2D eigenvalue weighted by Crippen LogP contribution is -2.12. The van der Waals surface area contributed by atoms with Crippen molar-refractivity contribution in [3.05, 3.63) is 84.5 Å². The quantitative estimate of drug-likeness (QED) is 0.354. The molecule has 0 amide bonds. The smallest absolute Gasteiger partial charge is 0.0721 e. The zero-order chi connectivity index (χ0) is 18.9. The summed E-state index contributed by atoms with van der Waals surface area (Å²) in [5.74, 6) is 1.64. The standard InChI is InChI=1S/C26H32O/c1-3-5-6-21-7-11-23(12-8-21)25-15-17-26(18-16-25)24-13-9-22(10-14-24)20-27-19-4-2/h3-5,9-10,13-18,21,23H,2,6-8,11-12,19-20H2,1H3/t21-,23-. The van der Waals surface area contributed by atoms with Gasteiger partial charge in [-0.2, -0.15) is 0 Å². The highest BCUT2D eigenvalue weighted by molar-refractivity contribution is 5.64. The minimum Gasteiger partial charge on any atom is -0.373 e. The molecule has 0 bridgehead atoms. The molecule has 1 aliphatic rings. The van der Waals surface area contributed by atoms with Crippen molar-refractivity contribution in [3.8, 4) is 11.1 Å². The van der Waals surface area contributed by atoms with Crippen LogP contribution in [0.1, 0.15) is 56.1 Å². The molecule has 142 valence electrons. The summed E-state index contributed by atoms with van der Waals surface area (Å²) in [7, 11) is 0. The van der Waals surface area contributed by atoms with E-state index in [2.05, 4.69) is 74.2 Å². The molecule has 2 aromatic carbocycles. The van der Waals surface area contributed by atoms with Crippen molar-refractivity contribution in [2.45, 2.75) is 51.6 Å². The summed E-state index contributed by atoms with van der Waals surface area (Å²) in [6, 6.07) is 17.9. The fraction of sp³-hybridized carbons (Fsp3) is 0.385. The Morgan fingerprint density at radius 2 is 1.56 bits per heavy atom. The molecule has 1 fully saturated rings. The van der Waals surface area contributed by atoms with Crippen molar-refractivity contribution in [3.63, 3.8) is 0 Å². The number of rotatable bonds is 8. The van der Waals surface area contributed by atoms with E-state index in [1.807, 2.05) is 0 Å². The average molecular weight is 361 g/mol. The maximum absolute atomic E-state index is 5.50. The minimum atomic E-state index is 0.598. The van der Waals surface area contributed by atoms with Gasteiger partial charge >= 0.3 is 0 Å². The van der Waals surface area contributed by atoms with Crippen LogP contribution < -0.4 is 0 Å². The molecule has 0 unspecified atom stereocenters. The second-order valence-electron chi connectivity index (χ2n) is 7.65. The third-order valence-corrected chi connectivity index (χ3v) is 5.73. The zero-order valence-corrected chi connectivity index (χ0v) is 16.6. The molecular formula is C26H32O. The first-order valence-electron chi connectivity index (χ1n) is 10.3. The minimum absolute atomic E-state index is 0.598. The summed E-state index contributed by atoms with van der Waals surface area (Å²) in [5.41, 5.74) is 5.27. The zero-order valence-electron chi connectivity index (χ0n) is 16.6. The molecule has 3 rings (SSSR count). The van der Waals surface area contributed by atoms with Crippen LogP contribution >= 0.6 is 0 Å². The van der Waals surface area contributed by atoms with Gasteiger partial charge in [-0.15, -0.1) is 6.58 Å². The number of ether oxygens (including phenoxy) is 1. The topological polar surface area (TPSA) is 9.23 Å². The highest BCUT2D eigenvalue weighted by Crippen LogP contribution is 2.37. The summed E-state index contributed by atoms with van der Waals surface area (Å²) in [4.78, 5) is 0. The second-order valence-corrected chi connectivity index (χ2v) is 7.65. The van der Waals surface area contributed by atoms with Gasteiger partial charge in [-0.25, -0.2) is 0 Å². The molecular weight excluding hydrogens is 328 g/mol. The Kier molecular flexibility index (Phi) is 7.47. The van der Waals surface area contributed by atoms with Crippen LogP contribution in [-0.2, 0) is 11.3 Å². The molecule has 0 aliphatic heterocycles. The van der Waals surface area contributed by atoms with Crippen LogP contribution in [-0.4, -0.2) is 6.61 Å². The first kappa shape index (κ1) is 19.6. The lowest BCUT2D eigenvalue weighted by molar-refractivity contribution is 0.149. The van der Waals surface area contributed by atoms with Gasteiger partial charge in [0.1, 0.15) is 0 Å². The van der Waals surface area contributed by atoms with Gasteiger partial charge in [-0.3, -0.25) is 0 Å². The molecule has 0 heterocycles. The predicted molar refractivity (Wildman–Crippen MR) is 116 cm³/mol. The summed E-state index contributed by atoms with van der Waals surface area (Å²) in [6.07, 6.45) is 13.0. The molecule has 2 aromatic rings. The lowest BCUT2D eigenvalue weighted by atomic mass is 9.77. The van der Waals surface area contributed by atoms with Crippen LogP contribution in [0, 0.1) is 5.92 Å². The largest absolute Gasteiger partial charge is 0.373 e. The lowest BCUT2D eigenvalue weighted by Gasteiger charge is -2.28. The van der Waals surface area contributed by atoms with Crippen molar-refractivity contribution in [2.75, 3.05) is 6.61 Å². The fourth-order valence-corrected chi connectivity index (χ4v) is 4.06. The van der Waals surface area contributed by atoms with Crippen LogP contribution in [0.4, 0.5) is 0 Å². The van der Waals surface area contributed by atoms with Crippen molar-refractivity contribution >= 4 is 0 Å². The molecule has 0 radical (unpaired) electrons. The molecule has 1 heteroatoms. The van der Waals surface area contributed by atoms with Crippen LogP contribution in [0.2, 0.25) is 0 Å². The van der Waals surface area contributed by atoms with Crippen molar-refractivity contribution in [2.24, 2.45) is 5.92 Å². The van der Waals surface area contributed by atoms with E-state index in [1.54, 1.807) is 6.08 Å². The molecule has 1 saturated carbocycles. The van der Waals surface area contributed by atoms with Gasteiger partial charge in [0, 0.05) is 0 Å². The van der Waals surface area contributed by atoms with Crippen molar-refractivity contribution in [1.82, 2.24) is 0 Å². The van der Waals surface area contributed by atoms with E-state index in [9.17, 15) is 0 Å². The average Bonchev–Trinajstić information content (AvgIpc) is 2.73. The Hall–Kier alpha value is -2.12. The van der Waals surface area contributed by atoms with E-state index in [-0.39, 0.29) is 0 Å². The van der Waals surface area contributed by atoms with Gasteiger partial charge in [0.25, 0.3) is 0 Å². The van der Waals surface area contributed by atoms with Crippen LogP contribution in [0.3, 0.4) is 0 Å². The van der Waals surface area contributed by atoms with Gasteiger partial charge in [0.05, 0.1) is 13.2 Å². The van der Waals surface area contributed by atoms with Gasteiger partial charge in [-0.05, 0) is 73.1 Å². The number of hydrogen-bond acceptors (Lipinski definition) is 1. The summed E-state index contributed by atoms with van der Waals surface area (Å²) >= 11 is 0. The second kappa shape index (κ2) is 10.3. The summed E-state index contributed by atoms with van der Waals surface area (Å²) in [6.45, 7) is 7.04. The van der Waals surface area contributed by atoms with E-state index in [0.717, 1.165) is 11.8 Å². The molecule has 27 heavy (non-hydrogen) atoms. The third kappa shape index (κ3) is 5.68. The normalized spacial score (nSPS) is 20.0. The highest BCUT2D eigenvalue weighted by Gasteiger charge is 2.21. The molecule has 0 aromatic heterocycles. The fourth-order valence-electron chi connectivity index (χ4n) is 4.06. The highest BCUT2D eigenvalue weighted by atomic mass is 16.5. The number of allylic oxidation sites excluding steroid dienone is 2. The Labute approximate surface area is 164 Å². The Morgan fingerprint density at radius 1 is 0.926 bits per heavy atom. The van der Waals surface area contributed by atoms with E-state index < -0.39 is 0 Å². The van der Waals surface area contributed by atoms with Crippen molar-refractivity contribution in [1.29, 1.82) is 0 Å². The Balaban J connectivity index is 1.56. The molecule has 0 N–H and O–H groups in total. The van der Waals surface area contributed by atoms with E-state index in [4.69, 9.17) is 4.74 Å². The predicted octanol–water partition coefficient (Wildman–Crippen LogP) is 7.30. The van der Waals surface area contributed by atoms with E-state index >= 15 is 0 Å². The summed E-state index contributed by atoms with van der Waals surface area (Å²) < 4.78 is 5.50. The molecule has 0 atom stereocenters. The molecule has 1 aliphatic carbocycles.